The molecule has 0 aliphatic heterocycles. The van der Waals surface area contributed by atoms with E-state index < -0.39 is 16.6 Å². The zero-order chi connectivity index (χ0) is 14.0. The molecule has 0 spiro atoms. The van der Waals surface area contributed by atoms with Gasteiger partial charge in [0.05, 0.1) is 16.1 Å². The van der Waals surface area contributed by atoms with Crippen LogP contribution in [0.1, 0.15) is 5.82 Å². The lowest BCUT2D eigenvalue weighted by Crippen LogP contribution is -2.10. The first kappa shape index (κ1) is 14.8. The van der Waals surface area contributed by atoms with Crippen molar-refractivity contribution in [2.45, 2.75) is 13.0 Å². The minimum Gasteiger partial charge on any atom is -0.327 e. The van der Waals surface area contributed by atoms with Crippen molar-refractivity contribution in [2.24, 2.45) is 0 Å². The Labute approximate surface area is 123 Å². The Morgan fingerprint density at radius 3 is 2.84 bits per heavy atom. The second-order valence-electron chi connectivity index (χ2n) is 4.15. The number of benzene rings is 1. The van der Waals surface area contributed by atoms with Crippen molar-refractivity contribution >= 4 is 45.0 Å². The molecule has 0 bridgehead atoms. The van der Waals surface area contributed by atoms with Crippen LogP contribution in [-0.4, -0.2) is 31.6 Å². The second-order valence-corrected chi connectivity index (χ2v) is 6.49. The lowest BCUT2D eigenvalue weighted by molar-refractivity contribution is 0.629. The highest BCUT2D eigenvalue weighted by molar-refractivity contribution is 7.84. The Bertz CT molecular complexity index is 630. The van der Waals surface area contributed by atoms with Crippen LogP contribution in [0.3, 0.4) is 0 Å². The van der Waals surface area contributed by atoms with Crippen LogP contribution in [0.2, 0.25) is 5.02 Å². The lowest BCUT2D eigenvalue weighted by atomic mass is 10.3. The quantitative estimate of drug-likeness (QED) is 0.793. The van der Waals surface area contributed by atoms with Crippen LogP contribution < -0.4 is 0 Å². The SMILES string of the molecule is CS(=O)CCn1c(CCCl)nc2cc(F)c(Cl)cc21. The average molecular weight is 323 g/mol. The van der Waals surface area contributed by atoms with Gasteiger partial charge in [-0.3, -0.25) is 4.21 Å². The number of alkyl halides is 1. The zero-order valence-corrected chi connectivity index (χ0v) is 12.7. The number of halogens is 3. The van der Waals surface area contributed by atoms with Gasteiger partial charge in [0.2, 0.25) is 0 Å². The molecule has 2 aromatic rings. The molecule has 0 amide bonds. The first-order valence-corrected chi connectivity index (χ1v) is 8.37. The molecule has 7 heteroatoms. The van der Waals surface area contributed by atoms with Gasteiger partial charge in [0.25, 0.3) is 0 Å². The van der Waals surface area contributed by atoms with Crippen LogP contribution in [0.4, 0.5) is 4.39 Å². The average Bonchev–Trinajstić information content (AvgIpc) is 2.65. The third-order valence-electron chi connectivity index (χ3n) is 2.79. The van der Waals surface area contributed by atoms with Gasteiger partial charge in [0, 0.05) is 47.7 Å². The Balaban J connectivity index is 2.51. The maximum Gasteiger partial charge on any atom is 0.144 e. The fourth-order valence-electron chi connectivity index (χ4n) is 1.91. The van der Waals surface area contributed by atoms with Crippen LogP contribution in [0.15, 0.2) is 12.1 Å². The van der Waals surface area contributed by atoms with Gasteiger partial charge in [0.1, 0.15) is 11.6 Å². The molecule has 104 valence electrons. The molecule has 0 saturated carbocycles. The number of nitrogens with zero attached hydrogens (tertiary/aromatic N) is 2. The molecule has 3 nitrogen and oxygen atoms in total. The van der Waals surface area contributed by atoms with E-state index >= 15 is 0 Å². The van der Waals surface area contributed by atoms with Crippen molar-refractivity contribution in [3.8, 4) is 0 Å². The minimum absolute atomic E-state index is 0.0590. The largest absolute Gasteiger partial charge is 0.327 e. The van der Waals surface area contributed by atoms with E-state index in [-0.39, 0.29) is 5.02 Å². The van der Waals surface area contributed by atoms with Gasteiger partial charge < -0.3 is 4.57 Å². The number of aromatic nitrogens is 2. The van der Waals surface area contributed by atoms with Gasteiger partial charge in [-0.1, -0.05) is 11.6 Å². The normalized spacial score (nSPS) is 13.1. The summed E-state index contributed by atoms with van der Waals surface area (Å²) in [5.74, 6) is 1.21. The second kappa shape index (κ2) is 6.20. The third-order valence-corrected chi connectivity index (χ3v) is 4.03. The number of aryl methyl sites for hydroxylation is 2. The van der Waals surface area contributed by atoms with Crippen LogP contribution in [0, 0.1) is 5.82 Å². The molecular formula is C12H13Cl2FN2OS. The van der Waals surface area contributed by atoms with Crippen LogP contribution in [0.5, 0.6) is 0 Å². The van der Waals surface area contributed by atoms with E-state index in [4.69, 9.17) is 23.2 Å². The molecule has 0 N–H and O–H groups in total. The fourth-order valence-corrected chi connectivity index (χ4v) is 2.68. The molecular weight excluding hydrogens is 310 g/mol. The summed E-state index contributed by atoms with van der Waals surface area (Å²) in [6, 6.07) is 2.87. The van der Waals surface area contributed by atoms with Crippen molar-refractivity contribution in [1.82, 2.24) is 9.55 Å². The fraction of sp³-hybridized carbons (Fsp3) is 0.417. The summed E-state index contributed by atoms with van der Waals surface area (Å²) in [5.41, 5.74) is 1.29. The molecule has 0 radical (unpaired) electrons. The Kier molecular flexibility index (Phi) is 4.81. The minimum atomic E-state index is -0.904. The Morgan fingerprint density at radius 1 is 1.47 bits per heavy atom. The van der Waals surface area contributed by atoms with Crippen LogP contribution in [-0.2, 0) is 23.8 Å². The number of rotatable bonds is 5. The first-order valence-electron chi connectivity index (χ1n) is 5.73. The third kappa shape index (κ3) is 3.27. The predicted octanol–water partition coefficient (Wildman–Crippen LogP) is 2.99. The Morgan fingerprint density at radius 2 is 2.21 bits per heavy atom. The van der Waals surface area contributed by atoms with Gasteiger partial charge in [0.15, 0.2) is 0 Å². The molecule has 1 aromatic carbocycles. The highest BCUT2D eigenvalue weighted by Gasteiger charge is 2.13. The van der Waals surface area contributed by atoms with Crippen molar-refractivity contribution in [1.29, 1.82) is 0 Å². The number of hydrogen-bond donors (Lipinski definition) is 0. The molecule has 19 heavy (non-hydrogen) atoms. The van der Waals surface area contributed by atoms with E-state index in [0.29, 0.717) is 30.1 Å². The molecule has 0 aliphatic carbocycles. The van der Waals surface area contributed by atoms with Crippen molar-refractivity contribution in [3.63, 3.8) is 0 Å². The van der Waals surface area contributed by atoms with Gasteiger partial charge in [-0.05, 0) is 6.07 Å². The van der Waals surface area contributed by atoms with Crippen LogP contribution >= 0.6 is 23.2 Å². The smallest absolute Gasteiger partial charge is 0.144 e. The van der Waals surface area contributed by atoms with E-state index in [1.54, 1.807) is 12.3 Å². The van der Waals surface area contributed by atoms with Gasteiger partial charge in [-0.2, -0.15) is 0 Å². The summed E-state index contributed by atoms with van der Waals surface area (Å²) in [6.45, 7) is 0.549. The van der Waals surface area contributed by atoms with Gasteiger partial charge in [-0.15, -0.1) is 11.6 Å². The number of fused-ring (bicyclic) bond motifs is 1. The van der Waals surface area contributed by atoms with Crippen LogP contribution in [0.25, 0.3) is 11.0 Å². The van der Waals surface area contributed by atoms with E-state index in [1.807, 2.05) is 4.57 Å². The molecule has 2 rings (SSSR count). The highest BCUT2D eigenvalue weighted by Crippen LogP contribution is 2.24. The zero-order valence-electron chi connectivity index (χ0n) is 10.3. The highest BCUT2D eigenvalue weighted by atomic mass is 35.5. The summed E-state index contributed by atoms with van der Waals surface area (Å²) in [6.07, 6.45) is 2.22. The molecule has 1 unspecified atom stereocenters. The summed E-state index contributed by atoms with van der Waals surface area (Å²) < 4.78 is 26.6. The summed E-state index contributed by atoms with van der Waals surface area (Å²) >= 11 is 11.6. The predicted molar refractivity (Wildman–Crippen MR) is 78.1 cm³/mol. The first-order chi connectivity index (χ1) is 9.02. The topological polar surface area (TPSA) is 34.9 Å². The van der Waals surface area contributed by atoms with Crippen molar-refractivity contribution in [2.75, 3.05) is 17.9 Å². The Hall–Kier alpha value is -0.650. The molecule has 0 saturated heterocycles. The van der Waals surface area contributed by atoms with Crippen molar-refractivity contribution in [3.05, 3.63) is 28.8 Å². The van der Waals surface area contributed by atoms with E-state index in [9.17, 15) is 8.60 Å². The molecule has 1 atom stereocenters. The van der Waals surface area contributed by atoms with Gasteiger partial charge >= 0.3 is 0 Å². The molecule has 0 fully saturated rings. The monoisotopic (exact) mass is 322 g/mol. The summed E-state index contributed by atoms with van der Waals surface area (Å²) in [4.78, 5) is 4.36. The maximum atomic E-state index is 13.4. The van der Waals surface area contributed by atoms with Crippen molar-refractivity contribution < 1.29 is 8.60 Å². The number of imidazole rings is 1. The molecule has 1 aromatic heterocycles. The standard InChI is InChI=1S/C12H13Cl2FN2OS/c1-19(18)5-4-17-11-6-8(14)9(15)7-10(11)16-12(17)2-3-13/h6-7H,2-5H2,1H3. The maximum absolute atomic E-state index is 13.4. The van der Waals surface area contributed by atoms with E-state index in [2.05, 4.69) is 4.98 Å². The molecule has 0 aliphatic rings. The van der Waals surface area contributed by atoms with E-state index in [1.165, 1.54) is 6.07 Å². The van der Waals surface area contributed by atoms with Gasteiger partial charge in [-0.25, -0.2) is 9.37 Å². The van der Waals surface area contributed by atoms with E-state index in [0.717, 1.165) is 11.3 Å². The molecule has 1 heterocycles. The number of hydrogen-bond acceptors (Lipinski definition) is 2. The summed E-state index contributed by atoms with van der Waals surface area (Å²) in [7, 11) is -0.904. The lowest BCUT2D eigenvalue weighted by Gasteiger charge is -2.07. The summed E-state index contributed by atoms with van der Waals surface area (Å²) in [5, 5.41) is 0.0590.